The summed E-state index contributed by atoms with van der Waals surface area (Å²) in [5.41, 5.74) is 0. The Labute approximate surface area is 58.2 Å². The van der Waals surface area contributed by atoms with E-state index in [2.05, 4.69) is 19.2 Å². The van der Waals surface area contributed by atoms with Gasteiger partial charge in [0.1, 0.15) is 0 Å². The van der Waals surface area contributed by atoms with Crippen molar-refractivity contribution in [3.05, 3.63) is 12.3 Å². The van der Waals surface area contributed by atoms with Crippen LogP contribution in [-0.4, -0.2) is 6.54 Å². The highest BCUT2D eigenvalue weighted by Crippen LogP contribution is 1.95. The van der Waals surface area contributed by atoms with Gasteiger partial charge in [0, 0.05) is 6.54 Å². The highest BCUT2D eigenvalue weighted by molar-refractivity contribution is 4.73. The average molecular weight is 127 g/mol. The summed E-state index contributed by atoms with van der Waals surface area (Å²) in [5, 5.41) is 3.19. The third kappa shape index (κ3) is 7.54. The Morgan fingerprint density at radius 1 is 1.44 bits per heavy atom. The summed E-state index contributed by atoms with van der Waals surface area (Å²) in [6.45, 7) is 7.58. The van der Waals surface area contributed by atoms with Crippen LogP contribution in [0.1, 0.15) is 27.2 Å². The standard InChI is InChI=1S/C8H17N/c1-4-6-9-7-5-8(2)3/h4,6,8-9H,5,7H2,1-3H3/b6-4+. The van der Waals surface area contributed by atoms with Gasteiger partial charge in [-0.3, -0.25) is 0 Å². The zero-order chi connectivity index (χ0) is 7.11. The van der Waals surface area contributed by atoms with Crippen molar-refractivity contribution in [1.82, 2.24) is 5.32 Å². The number of hydrogen-bond acceptors (Lipinski definition) is 1. The molecule has 0 spiro atoms. The fourth-order valence-electron chi connectivity index (χ4n) is 0.573. The maximum absolute atomic E-state index is 3.19. The first-order valence-electron chi connectivity index (χ1n) is 3.62. The Morgan fingerprint density at radius 3 is 2.56 bits per heavy atom. The van der Waals surface area contributed by atoms with E-state index >= 15 is 0 Å². The van der Waals surface area contributed by atoms with Crippen LogP contribution >= 0.6 is 0 Å². The summed E-state index contributed by atoms with van der Waals surface area (Å²) in [5.74, 6) is 0.808. The molecule has 0 radical (unpaired) electrons. The van der Waals surface area contributed by atoms with Crippen molar-refractivity contribution >= 4 is 0 Å². The van der Waals surface area contributed by atoms with Gasteiger partial charge in [-0.15, -0.1) is 0 Å². The first kappa shape index (κ1) is 8.54. The Kier molecular flexibility index (Phi) is 5.38. The molecule has 0 aromatic carbocycles. The number of hydrogen-bond donors (Lipinski definition) is 1. The van der Waals surface area contributed by atoms with Crippen LogP contribution in [0, 0.1) is 5.92 Å². The fraction of sp³-hybridized carbons (Fsp3) is 0.750. The van der Waals surface area contributed by atoms with Gasteiger partial charge in [0.05, 0.1) is 0 Å². The molecule has 0 aliphatic carbocycles. The number of nitrogens with one attached hydrogen (secondary N) is 1. The van der Waals surface area contributed by atoms with Crippen molar-refractivity contribution in [3.8, 4) is 0 Å². The van der Waals surface area contributed by atoms with Gasteiger partial charge in [0.15, 0.2) is 0 Å². The third-order valence-corrected chi connectivity index (χ3v) is 1.15. The SMILES string of the molecule is C/C=C/NCCC(C)C. The fourth-order valence-corrected chi connectivity index (χ4v) is 0.573. The molecular formula is C8H17N. The van der Waals surface area contributed by atoms with Crippen molar-refractivity contribution in [2.24, 2.45) is 5.92 Å². The summed E-state index contributed by atoms with van der Waals surface area (Å²) in [7, 11) is 0. The quantitative estimate of drug-likeness (QED) is 0.571. The van der Waals surface area contributed by atoms with Crippen LogP contribution in [0.15, 0.2) is 12.3 Å². The molecule has 54 valence electrons. The van der Waals surface area contributed by atoms with E-state index in [0.717, 1.165) is 12.5 Å². The highest BCUT2D eigenvalue weighted by atomic mass is 14.8. The molecule has 0 amide bonds. The first-order chi connectivity index (χ1) is 4.27. The van der Waals surface area contributed by atoms with Gasteiger partial charge in [-0.25, -0.2) is 0 Å². The maximum atomic E-state index is 3.19. The molecule has 0 rings (SSSR count). The molecule has 0 aliphatic heterocycles. The molecule has 1 N–H and O–H groups in total. The van der Waals surface area contributed by atoms with E-state index < -0.39 is 0 Å². The van der Waals surface area contributed by atoms with E-state index in [1.165, 1.54) is 6.42 Å². The minimum absolute atomic E-state index is 0.808. The molecule has 0 aliphatic rings. The zero-order valence-electron chi connectivity index (χ0n) is 6.65. The van der Waals surface area contributed by atoms with Crippen molar-refractivity contribution < 1.29 is 0 Å². The van der Waals surface area contributed by atoms with Crippen LogP contribution in [0.5, 0.6) is 0 Å². The van der Waals surface area contributed by atoms with Crippen molar-refractivity contribution in [3.63, 3.8) is 0 Å². The van der Waals surface area contributed by atoms with Gasteiger partial charge in [-0.2, -0.15) is 0 Å². The van der Waals surface area contributed by atoms with Crippen LogP contribution in [0.2, 0.25) is 0 Å². The first-order valence-corrected chi connectivity index (χ1v) is 3.62. The normalized spacial score (nSPS) is 11.1. The van der Waals surface area contributed by atoms with Crippen LogP contribution < -0.4 is 5.32 Å². The molecule has 9 heavy (non-hydrogen) atoms. The molecular weight excluding hydrogens is 110 g/mol. The molecule has 0 atom stereocenters. The van der Waals surface area contributed by atoms with Crippen molar-refractivity contribution in [2.45, 2.75) is 27.2 Å². The maximum Gasteiger partial charge on any atom is 0.0143 e. The summed E-state index contributed by atoms with van der Waals surface area (Å²) < 4.78 is 0. The van der Waals surface area contributed by atoms with E-state index in [1.807, 2.05) is 19.2 Å². The number of allylic oxidation sites excluding steroid dienone is 1. The lowest BCUT2D eigenvalue weighted by Gasteiger charge is -2.02. The van der Waals surface area contributed by atoms with Gasteiger partial charge in [0.25, 0.3) is 0 Å². The van der Waals surface area contributed by atoms with Gasteiger partial charge < -0.3 is 5.32 Å². The average Bonchev–Trinajstić information content (AvgIpc) is 1.80. The van der Waals surface area contributed by atoms with E-state index in [-0.39, 0.29) is 0 Å². The Hall–Kier alpha value is -0.460. The van der Waals surface area contributed by atoms with Crippen LogP contribution in [0.25, 0.3) is 0 Å². The summed E-state index contributed by atoms with van der Waals surface area (Å²) >= 11 is 0. The monoisotopic (exact) mass is 127 g/mol. The smallest absolute Gasteiger partial charge is 0.0143 e. The van der Waals surface area contributed by atoms with Crippen LogP contribution in [-0.2, 0) is 0 Å². The van der Waals surface area contributed by atoms with Crippen LogP contribution in [0.3, 0.4) is 0 Å². The lowest BCUT2D eigenvalue weighted by atomic mass is 10.1. The second kappa shape index (κ2) is 5.67. The molecule has 0 heterocycles. The topological polar surface area (TPSA) is 12.0 Å². The minimum Gasteiger partial charge on any atom is -0.391 e. The van der Waals surface area contributed by atoms with Crippen LogP contribution in [0.4, 0.5) is 0 Å². The highest BCUT2D eigenvalue weighted by Gasteiger charge is 1.88. The molecule has 0 saturated heterocycles. The number of rotatable bonds is 4. The molecule has 1 nitrogen and oxygen atoms in total. The summed E-state index contributed by atoms with van der Waals surface area (Å²) in [6.07, 6.45) is 5.26. The Balaban J connectivity index is 2.91. The summed E-state index contributed by atoms with van der Waals surface area (Å²) in [4.78, 5) is 0. The Bertz CT molecular complexity index is 74.6. The minimum atomic E-state index is 0.808. The molecule has 0 unspecified atom stereocenters. The second-order valence-electron chi connectivity index (χ2n) is 2.64. The van der Waals surface area contributed by atoms with Crippen molar-refractivity contribution in [2.75, 3.05) is 6.54 Å². The molecule has 0 fully saturated rings. The lowest BCUT2D eigenvalue weighted by Crippen LogP contribution is -2.08. The molecule has 0 saturated carbocycles. The summed E-state index contributed by atoms with van der Waals surface area (Å²) in [6, 6.07) is 0. The third-order valence-electron chi connectivity index (χ3n) is 1.15. The Morgan fingerprint density at radius 2 is 2.11 bits per heavy atom. The predicted molar refractivity (Wildman–Crippen MR) is 42.3 cm³/mol. The van der Waals surface area contributed by atoms with E-state index in [4.69, 9.17) is 0 Å². The van der Waals surface area contributed by atoms with Crippen molar-refractivity contribution in [1.29, 1.82) is 0 Å². The molecule has 1 heteroatoms. The zero-order valence-corrected chi connectivity index (χ0v) is 6.65. The van der Waals surface area contributed by atoms with Gasteiger partial charge >= 0.3 is 0 Å². The van der Waals surface area contributed by atoms with E-state index in [9.17, 15) is 0 Å². The van der Waals surface area contributed by atoms with Gasteiger partial charge in [-0.1, -0.05) is 19.9 Å². The predicted octanol–water partition coefficient (Wildman–Crippen LogP) is 2.16. The van der Waals surface area contributed by atoms with Gasteiger partial charge in [-0.05, 0) is 25.5 Å². The van der Waals surface area contributed by atoms with E-state index in [1.54, 1.807) is 0 Å². The molecule has 0 aromatic heterocycles. The van der Waals surface area contributed by atoms with Gasteiger partial charge in [0.2, 0.25) is 0 Å². The largest absolute Gasteiger partial charge is 0.391 e. The van der Waals surface area contributed by atoms with E-state index in [0.29, 0.717) is 0 Å². The molecule has 0 aromatic rings. The second-order valence-corrected chi connectivity index (χ2v) is 2.64. The molecule has 0 bridgehead atoms. The lowest BCUT2D eigenvalue weighted by molar-refractivity contribution is 0.571.